The summed E-state index contributed by atoms with van der Waals surface area (Å²) in [5.41, 5.74) is 8.49. The molecule has 0 fully saturated rings. The molecule has 9 nitrogen and oxygen atoms in total. The smallest absolute Gasteiger partial charge is 0.199 e. The van der Waals surface area contributed by atoms with Gasteiger partial charge in [0.05, 0.1) is 17.3 Å². The highest BCUT2D eigenvalue weighted by atomic mass is 19.1. The Hall–Kier alpha value is -4.75. The van der Waals surface area contributed by atoms with Crippen LogP contribution in [-0.2, 0) is 0 Å². The van der Waals surface area contributed by atoms with Crippen LogP contribution in [0.4, 0.5) is 10.2 Å². The van der Waals surface area contributed by atoms with Crippen LogP contribution in [0, 0.1) is 17.1 Å². The van der Waals surface area contributed by atoms with Crippen molar-refractivity contribution in [2.75, 3.05) is 5.73 Å². The van der Waals surface area contributed by atoms with Gasteiger partial charge in [-0.1, -0.05) is 36.4 Å². The fraction of sp³-hybridized carbons (Fsp3) is 0.0435. The third-order valence-electron chi connectivity index (χ3n) is 5.09. The van der Waals surface area contributed by atoms with Gasteiger partial charge in [-0.3, -0.25) is 0 Å². The van der Waals surface area contributed by atoms with Gasteiger partial charge in [0.25, 0.3) is 0 Å². The van der Waals surface area contributed by atoms with Crippen molar-refractivity contribution in [2.45, 2.75) is 6.10 Å². The summed E-state index contributed by atoms with van der Waals surface area (Å²) in [4.78, 5) is 17.1. The second-order valence-corrected chi connectivity index (χ2v) is 7.08. The molecule has 3 N–H and O–H groups in total. The van der Waals surface area contributed by atoms with Gasteiger partial charge in [0.1, 0.15) is 29.6 Å². The van der Waals surface area contributed by atoms with Crippen molar-refractivity contribution in [3.63, 3.8) is 0 Å². The van der Waals surface area contributed by atoms with E-state index in [1.54, 1.807) is 42.6 Å². The second-order valence-electron chi connectivity index (χ2n) is 7.08. The van der Waals surface area contributed by atoms with E-state index in [4.69, 9.17) is 5.73 Å². The molecule has 0 saturated heterocycles. The van der Waals surface area contributed by atoms with Gasteiger partial charge in [-0.15, -0.1) is 5.10 Å². The lowest BCUT2D eigenvalue weighted by Crippen LogP contribution is -2.07. The number of rotatable bonds is 4. The molecule has 0 saturated carbocycles. The number of nitrogen functional groups attached to an aromatic ring is 1. The average Bonchev–Trinajstić information content (AvgIpc) is 3.30. The Bertz CT molecular complexity index is 1530. The van der Waals surface area contributed by atoms with Crippen molar-refractivity contribution in [2.24, 2.45) is 0 Å². The van der Waals surface area contributed by atoms with Crippen LogP contribution >= 0.6 is 0 Å². The largest absolute Gasteiger partial charge is 0.381 e. The van der Waals surface area contributed by atoms with Gasteiger partial charge >= 0.3 is 0 Å². The molecule has 0 amide bonds. The monoisotopic (exact) mass is 438 g/mol. The first kappa shape index (κ1) is 20.2. The van der Waals surface area contributed by atoms with Crippen LogP contribution in [0.5, 0.6) is 0 Å². The molecule has 0 aliphatic heterocycles. The molecule has 33 heavy (non-hydrogen) atoms. The zero-order valence-electron chi connectivity index (χ0n) is 17.0. The van der Waals surface area contributed by atoms with Crippen molar-refractivity contribution in [3.8, 4) is 28.7 Å². The summed E-state index contributed by atoms with van der Waals surface area (Å²) in [6.45, 7) is 0. The number of nitrogens with zero attached hydrogens (tertiary/aromatic N) is 7. The maximum atomic E-state index is 14.3. The summed E-state index contributed by atoms with van der Waals surface area (Å²) >= 11 is 0. The fourth-order valence-corrected chi connectivity index (χ4v) is 3.56. The molecule has 3 heterocycles. The number of hydrogen-bond acceptors (Lipinski definition) is 8. The highest BCUT2D eigenvalue weighted by molar-refractivity contribution is 5.83. The molecule has 3 aromatic heterocycles. The SMILES string of the molecule is N#Cc1ccccc1-c1nc(N)c2nc(C(O)c3ccccc3F)nn2c1-c1ccncn1. The number of aliphatic hydroxyl groups is 1. The lowest BCUT2D eigenvalue weighted by atomic mass is 10.0. The number of anilines is 1. The van der Waals surface area contributed by atoms with Gasteiger partial charge in [-0.25, -0.2) is 28.8 Å². The van der Waals surface area contributed by atoms with E-state index < -0.39 is 11.9 Å². The Morgan fingerprint density at radius 2 is 1.85 bits per heavy atom. The van der Waals surface area contributed by atoms with Crippen molar-refractivity contribution in [1.82, 2.24) is 29.5 Å². The predicted octanol–water partition coefficient (Wildman–Crippen LogP) is 2.92. The minimum absolute atomic E-state index is 0.0232. The minimum Gasteiger partial charge on any atom is -0.381 e. The Labute approximate surface area is 186 Å². The Morgan fingerprint density at radius 1 is 1.06 bits per heavy atom. The van der Waals surface area contributed by atoms with E-state index in [0.29, 0.717) is 28.2 Å². The topological polar surface area (TPSA) is 139 Å². The van der Waals surface area contributed by atoms with Gasteiger partial charge < -0.3 is 10.8 Å². The molecule has 0 aliphatic carbocycles. The minimum atomic E-state index is -1.43. The van der Waals surface area contributed by atoms with Gasteiger partial charge in [-0.05, 0) is 18.2 Å². The molecule has 160 valence electrons. The van der Waals surface area contributed by atoms with Crippen LogP contribution in [0.15, 0.2) is 67.1 Å². The maximum Gasteiger partial charge on any atom is 0.199 e. The normalized spacial score (nSPS) is 11.9. The highest BCUT2D eigenvalue weighted by Crippen LogP contribution is 2.34. The van der Waals surface area contributed by atoms with Gasteiger partial charge in [0, 0.05) is 17.3 Å². The van der Waals surface area contributed by atoms with Crippen LogP contribution in [-0.4, -0.2) is 34.7 Å². The molecule has 1 atom stereocenters. The zero-order chi connectivity index (χ0) is 22.9. The summed E-state index contributed by atoms with van der Waals surface area (Å²) in [5, 5.41) is 24.8. The van der Waals surface area contributed by atoms with Crippen molar-refractivity contribution in [3.05, 3.63) is 89.9 Å². The van der Waals surface area contributed by atoms with Crippen LogP contribution in [0.1, 0.15) is 23.1 Å². The summed E-state index contributed by atoms with van der Waals surface area (Å²) in [6, 6.07) is 16.5. The number of hydrogen-bond donors (Lipinski definition) is 2. The van der Waals surface area contributed by atoms with Gasteiger partial charge in [0.2, 0.25) is 0 Å². The second kappa shape index (κ2) is 8.07. The molecular weight excluding hydrogens is 423 g/mol. The highest BCUT2D eigenvalue weighted by Gasteiger charge is 2.25. The van der Waals surface area contributed by atoms with Gasteiger partial charge in [0.15, 0.2) is 17.3 Å². The maximum absolute atomic E-state index is 14.3. The Kier molecular flexibility index (Phi) is 4.93. The molecule has 2 aromatic carbocycles. The summed E-state index contributed by atoms with van der Waals surface area (Å²) < 4.78 is 15.7. The third-order valence-corrected chi connectivity index (χ3v) is 5.09. The van der Waals surface area contributed by atoms with E-state index in [9.17, 15) is 14.8 Å². The van der Waals surface area contributed by atoms with Crippen molar-refractivity contribution < 1.29 is 9.50 Å². The first-order valence-corrected chi connectivity index (χ1v) is 9.83. The number of benzene rings is 2. The molecule has 10 heteroatoms. The van der Waals surface area contributed by atoms with Crippen LogP contribution in [0.25, 0.3) is 28.3 Å². The molecule has 5 aromatic rings. The molecular formula is C23H15FN8O. The summed E-state index contributed by atoms with van der Waals surface area (Å²) in [6.07, 6.45) is 1.48. The zero-order valence-corrected chi connectivity index (χ0v) is 17.0. The summed E-state index contributed by atoms with van der Waals surface area (Å²) in [5.74, 6) is -0.626. The van der Waals surface area contributed by atoms with Crippen LogP contribution in [0.2, 0.25) is 0 Å². The molecule has 5 rings (SSSR count). The van der Waals surface area contributed by atoms with E-state index in [1.165, 1.54) is 29.0 Å². The number of nitriles is 1. The van der Waals surface area contributed by atoms with Crippen LogP contribution in [0.3, 0.4) is 0 Å². The van der Waals surface area contributed by atoms with Gasteiger partial charge in [-0.2, -0.15) is 5.26 Å². The van der Waals surface area contributed by atoms with E-state index in [-0.39, 0.29) is 22.9 Å². The Morgan fingerprint density at radius 3 is 2.61 bits per heavy atom. The number of halogens is 1. The predicted molar refractivity (Wildman–Crippen MR) is 117 cm³/mol. The number of aliphatic hydroxyl groups excluding tert-OH is 1. The number of aromatic nitrogens is 6. The standard InChI is InChI=1S/C23H15FN8O/c24-16-8-4-3-7-15(16)20(33)22-30-23-21(26)29-18(14-6-2-1-5-13(14)11-25)19(32(23)31-22)17-9-10-27-12-28-17/h1-10,12,20,33H,(H2,26,29). The molecule has 0 radical (unpaired) electrons. The number of fused-ring (bicyclic) bond motifs is 1. The van der Waals surface area contributed by atoms with Crippen LogP contribution < -0.4 is 5.73 Å². The third kappa shape index (κ3) is 3.42. The first-order chi connectivity index (χ1) is 16.1. The van der Waals surface area contributed by atoms with E-state index >= 15 is 0 Å². The molecule has 1 unspecified atom stereocenters. The van der Waals surface area contributed by atoms with Crippen molar-refractivity contribution >= 4 is 11.5 Å². The lowest BCUT2D eigenvalue weighted by Gasteiger charge is -2.12. The quantitative estimate of drug-likeness (QED) is 0.437. The molecule has 0 bridgehead atoms. The average molecular weight is 438 g/mol. The number of nitrogens with two attached hydrogens (primary N) is 1. The molecule has 0 spiro atoms. The Balaban J connectivity index is 1.81. The molecule has 0 aliphatic rings. The summed E-state index contributed by atoms with van der Waals surface area (Å²) in [7, 11) is 0. The van der Waals surface area contributed by atoms with E-state index in [0.717, 1.165) is 0 Å². The lowest BCUT2D eigenvalue weighted by molar-refractivity contribution is 0.205. The fourth-order valence-electron chi connectivity index (χ4n) is 3.56. The van der Waals surface area contributed by atoms with Crippen molar-refractivity contribution in [1.29, 1.82) is 5.26 Å². The van der Waals surface area contributed by atoms with E-state index in [1.807, 2.05) is 0 Å². The first-order valence-electron chi connectivity index (χ1n) is 9.83. The van der Waals surface area contributed by atoms with E-state index in [2.05, 4.69) is 31.1 Å².